The first-order chi connectivity index (χ1) is 9.06. The lowest BCUT2D eigenvalue weighted by Crippen LogP contribution is -2.42. The summed E-state index contributed by atoms with van der Waals surface area (Å²) in [5.74, 6) is 0. The maximum absolute atomic E-state index is 6.51. The van der Waals surface area contributed by atoms with Gasteiger partial charge in [-0.25, -0.2) is 0 Å². The van der Waals surface area contributed by atoms with E-state index in [0.717, 1.165) is 17.1 Å². The Morgan fingerprint density at radius 2 is 1.84 bits per heavy atom. The van der Waals surface area contributed by atoms with Gasteiger partial charge >= 0.3 is 0 Å². The van der Waals surface area contributed by atoms with Crippen LogP contribution in [-0.2, 0) is 0 Å². The summed E-state index contributed by atoms with van der Waals surface area (Å²) in [6.07, 6.45) is 2.47. The van der Waals surface area contributed by atoms with E-state index in [1.54, 1.807) is 0 Å². The average Bonchev–Trinajstić information content (AvgIpc) is 2.40. The number of likely N-dealkylation sites (tertiary alicyclic amines) is 1. The molecule has 0 aromatic heterocycles. The Bertz CT molecular complexity index is 386. The van der Waals surface area contributed by atoms with Crippen molar-refractivity contribution in [3.63, 3.8) is 0 Å². The maximum Gasteiger partial charge on any atom is 0.0712 e. The molecule has 0 bridgehead atoms. The average molecular weight is 301 g/mol. The molecular formula is C15H22Cl2N2. The van der Waals surface area contributed by atoms with Crippen molar-refractivity contribution >= 4 is 23.2 Å². The Hall–Kier alpha value is -0.280. The number of benzene rings is 1. The summed E-state index contributed by atoms with van der Waals surface area (Å²) in [5, 5.41) is 0.790. The number of halogens is 2. The monoisotopic (exact) mass is 300 g/mol. The number of hydrogen-bond donors (Lipinski definition) is 0. The molecule has 4 heteroatoms. The van der Waals surface area contributed by atoms with Gasteiger partial charge in [-0.3, -0.25) is 0 Å². The van der Waals surface area contributed by atoms with Crippen LogP contribution in [0.1, 0.15) is 23.8 Å². The summed E-state index contributed by atoms with van der Waals surface area (Å²) in [5.41, 5.74) is 1.14. The molecule has 1 saturated heterocycles. The third-order valence-electron chi connectivity index (χ3n) is 3.99. The molecule has 2 nitrogen and oxygen atoms in total. The lowest BCUT2D eigenvalue weighted by molar-refractivity contribution is 0.144. The van der Waals surface area contributed by atoms with Crippen LogP contribution >= 0.6 is 23.2 Å². The zero-order chi connectivity index (χ0) is 13.8. The van der Waals surface area contributed by atoms with Gasteiger partial charge in [-0.1, -0.05) is 23.7 Å². The second kappa shape index (κ2) is 6.94. The summed E-state index contributed by atoms with van der Waals surface area (Å²) in [6.45, 7) is 3.25. The first-order valence-electron chi connectivity index (χ1n) is 6.84. The second-order valence-electron chi connectivity index (χ2n) is 5.49. The van der Waals surface area contributed by atoms with Gasteiger partial charge in [0.05, 0.1) is 5.38 Å². The number of rotatable bonds is 4. The van der Waals surface area contributed by atoms with Gasteiger partial charge in [0, 0.05) is 17.6 Å². The molecule has 0 amide bonds. The third-order valence-corrected chi connectivity index (χ3v) is 4.63. The van der Waals surface area contributed by atoms with Crippen molar-refractivity contribution in [2.24, 2.45) is 0 Å². The highest BCUT2D eigenvalue weighted by atomic mass is 35.5. The Balaban J connectivity index is 1.87. The van der Waals surface area contributed by atoms with Crippen molar-refractivity contribution in [3.05, 3.63) is 34.9 Å². The van der Waals surface area contributed by atoms with Gasteiger partial charge in [0.25, 0.3) is 0 Å². The first kappa shape index (κ1) is 15.1. The Kier molecular flexibility index (Phi) is 5.52. The van der Waals surface area contributed by atoms with E-state index in [2.05, 4.69) is 23.9 Å². The number of alkyl halides is 1. The van der Waals surface area contributed by atoms with Gasteiger partial charge < -0.3 is 9.80 Å². The van der Waals surface area contributed by atoms with Gasteiger partial charge in [-0.05, 0) is 57.7 Å². The number of likely N-dealkylation sites (N-methyl/N-ethyl adjacent to an activating group) is 1. The van der Waals surface area contributed by atoms with E-state index in [0.29, 0.717) is 6.04 Å². The van der Waals surface area contributed by atoms with Crippen molar-refractivity contribution in [1.29, 1.82) is 0 Å². The van der Waals surface area contributed by atoms with E-state index in [1.807, 2.05) is 24.3 Å². The smallest absolute Gasteiger partial charge is 0.0712 e. The van der Waals surface area contributed by atoms with Gasteiger partial charge in [0.1, 0.15) is 0 Å². The predicted molar refractivity (Wildman–Crippen MR) is 83.2 cm³/mol. The largest absolute Gasteiger partial charge is 0.306 e. The molecule has 1 unspecified atom stereocenters. The van der Waals surface area contributed by atoms with Crippen molar-refractivity contribution in [2.75, 3.05) is 33.7 Å². The predicted octanol–water partition coefficient (Wildman–Crippen LogP) is 3.65. The molecule has 1 aromatic carbocycles. The van der Waals surface area contributed by atoms with Crippen LogP contribution in [0.5, 0.6) is 0 Å². The zero-order valence-corrected chi connectivity index (χ0v) is 13.2. The fourth-order valence-corrected chi connectivity index (χ4v) is 3.10. The highest BCUT2D eigenvalue weighted by molar-refractivity contribution is 6.30. The highest BCUT2D eigenvalue weighted by Gasteiger charge is 2.22. The minimum atomic E-state index is 0.0296. The molecule has 0 saturated carbocycles. The highest BCUT2D eigenvalue weighted by Crippen LogP contribution is 2.25. The molecule has 19 heavy (non-hydrogen) atoms. The molecule has 0 N–H and O–H groups in total. The minimum absolute atomic E-state index is 0.0296. The molecule has 0 radical (unpaired) electrons. The molecule has 1 aliphatic heterocycles. The van der Waals surface area contributed by atoms with Gasteiger partial charge in [-0.2, -0.15) is 0 Å². The van der Waals surface area contributed by atoms with Gasteiger partial charge in [-0.15, -0.1) is 11.6 Å². The molecule has 1 atom stereocenters. The normalized spacial score (nSPS) is 19.8. The molecule has 1 aliphatic rings. The molecule has 2 rings (SSSR count). The summed E-state index contributed by atoms with van der Waals surface area (Å²) < 4.78 is 0. The summed E-state index contributed by atoms with van der Waals surface area (Å²) in [7, 11) is 4.37. The maximum atomic E-state index is 6.51. The van der Waals surface area contributed by atoms with Crippen LogP contribution in [-0.4, -0.2) is 49.6 Å². The lowest BCUT2D eigenvalue weighted by atomic mass is 10.0. The molecule has 0 spiro atoms. The van der Waals surface area contributed by atoms with E-state index < -0.39 is 0 Å². The van der Waals surface area contributed by atoms with Crippen molar-refractivity contribution in [2.45, 2.75) is 24.3 Å². The fraction of sp³-hybridized carbons (Fsp3) is 0.600. The van der Waals surface area contributed by atoms with Gasteiger partial charge in [0.15, 0.2) is 0 Å². The molecular weight excluding hydrogens is 279 g/mol. The molecule has 1 aromatic rings. The number of piperidine rings is 1. The van der Waals surface area contributed by atoms with Crippen LogP contribution in [0.4, 0.5) is 0 Å². The number of hydrogen-bond acceptors (Lipinski definition) is 2. The summed E-state index contributed by atoms with van der Waals surface area (Å²) in [6, 6.07) is 8.50. The van der Waals surface area contributed by atoms with Crippen molar-refractivity contribution in [3.8, 4) is 0 Å². The van der Waals surface area contributed by atoms with Gasteiger partial charge in [0.2, 0.25) is 0 Å². The zero-order valence-electron chi connectivity index (χ0n) is 11.6. The van der Waals surface area contributed by atoms with E-state index in [-0.39, 0.29) is 5.38 Å². The quantitative estimate of drug-likeness (QED) is 0.783. The first-order valence-corrected chi connectivity index (χ1v) is 7.66. The molecule has 0 aliphatic carbocycles. The standard InChI is InChI=1S/C15H22Cl2N2/c1-18-9-7-14(8-10-18)19(2)11-15(17)12-3-5-13(16)6-4-12/h3-6,14-15H,7-11H2,1-2H3. The van der Waals surface area contributed by atoms with E-state index in [4.69, 9.17) is 23.2 Å². The van der Waals surface area contributed by atoms with Crippen LogP contribution in [0, 0.1) is 0 Å². The number of nitrogens with zero attached hydrogens (tertiary/aromatic N) is 2. The van der Waals surface area contributed by atoms with Crippen LogP contribution in [0.3, 0.4) is 0 Å². The van der Waals surface area contributed by atoms with Crippen LogP contribution in [0.2, 0.25) is 5.02 Å². The van der Waals surface area contributed by atoms with Crippen molar-refractivity contribution in [1.82, 2.24) is 9.80 Å². The van der Waals surface area contributed by atoms with E-state index in [1.165, 1.54) is 25.9 Å². The topological polar surface area (TPSA) is 6.48 Å². The van der Waals surface area contributed by atoms with Crippen molar-refractivity contribution < 1.29 is 0 Å². The van der Waals surface area contributed by atoms with Crippen LogP contribution in [0.25, 0.3) is 0 Å². The minimum Gasteiger partial charge on any atom is -0.306 e. The Morgan fingerprint density at radius 3 is 2.42 bits per heavy atom. The molecule has 1 fully saturated rings. The molecule has 106 valence electrons. The second-order valence-corrected chi connectivity index (χ2v) is 6.46. The van der Waals surface area contributed by atoms with E-state index in [9.17, 15) is 0 Å². The third kappa shape index (κ3) is 4.35. The summed E-state index contributed by atoms with van der Waals surface area (Å²) in [4.78, 5) is 4.79. The lowest BCUT2D eigenvalue weighted by Gasteiger charge is -2.36. The summed E-state index contributed by atoms with van der Waals surface area (Å²) >= 11 is 12.4. The van der Waals surface area contributed by atoms with E-state index >= 15 is 0 Å². The SMILES string of the molecule is CN1CCC(N(C)CC(Cl)c2ccc(Cl)cc2)CC1. The fourth-order valence-electron chi connectivity index (χ4n) is 2.61. The van der Waals surface area contributed by atoms with Crippen LogP contribution < -0.4 is 0 Å². The Labute approximate surface area is 126 Å². The Morgan fingerprint density at radius 1 is 1.26 bits per heavy atom. The van der Waals surface area contributed by atoms with Crippen LogP contribution in [0.15, 0.2) is 24.3 Å². The molecule has 1 heterocycles.